The number of anilines is 3. The van der Waals surface area contributed by atoms with Gasteiger partial charge in [-0.3, -0.25) is 0 Å². The number of benzene rings is 2. The van der Waals surface area contributed by atoms with E-state index in [4.69, 9.17) is 10.5 Å². The van der Waals surface area contributed by atoms with Crippen LogP contribution in [-0.2, 0) is 0 Å². The molecule has 0 aliphatic heterocycles. The Hall–Kier alpha value is -2.23. The zero-order valence-corrected chi connectivity index (χ0v) is 11.3. The highest BCUT2D eigenvalue weighted by molar-refractivity contribution is 5.75. The predicted molar refractivity (Wildman–Crippen MR) is 76.6 cm³/mol. The van der Waals surface area contributed by atoms with Crippen LogP contribution in [0.25, 0.3) is 0 Å². The average Bonchev–Trinajstić information content (AvgIpc) is 2.38. The van der Waals surface area contributed by atoms with Gasteiger partial charge in [0, 0.05) is 12.7 Å². The normalized spacial score (nSPS) is 10.3. The van der Waals surface area contributed by atoms with Crippen molar-refractivity contribution in [2.75, 3.05) is 24.8 Å². The topological polar surface area (TPSA) is 38.5 Å². The summed E-state index contributed by atoms with van der Waals surface area (Å²) in [4.78, 5) is 1.73. The predicted octanol–water partition coefficient (Wildman–Crippen LogP) is 3.49. The lowest BCUT2D eigenvalue weighted by atomic mass is 10.1. The van der Waals surface area contributed by atoms with Crippen molar-refractivity contribution in [2.24, 2.45) is 0 Å². The summed E-state index contributed by atoms with van der Waals surface area (Å²) in [5.41, 5.74) is 8.49. The van der Waals surface area contributed by atoms with Crippen LogP contribution in [0.4, 0.5) is 21.5 Å². The number of nitrogens with two attached hydrogens (primary N) is 1. The van der Waals surface area contributed by atoms with Gasteiger partial charge < -0.3 is 15.4 Å². The van der Waals surface area contributed by atoms with E-state index < -0.39 is 0 Å². The molecule has 0 aliphatic rings. The molecule has 2 rings (SSSR count). The number of ether oxygens (including phenoxy) is 1. The van der Waals surface area contributed by atoms with Crippen molar-refractivity contribution < 1.29 is 9.13 Å². The molecule has 2 N–H and O–H groups in total. The Morgan fingerprint density at radius 2 is 1.95 bits per heavy atom. The first-order valence-electron chi connectivity index (χ1n) is 5.97. The summed E-state index contributed by atoms with van der Waals surface area (Å²) in [6, 6.07) is 10.4. The van der Waals surface area contributed by atoms with Crippen molar-refractivity contribution in [3.63, 3.8) is 0 Å². The van der Waals surface area contributed by atoms with Gasteiger partial charge in [-0.2, -0.15) is 0 Å². The van der Waals surface area contributed by atoms with Gasteiger partial charge in [-0.15, -0.1) is 0 Å². The number of nitrogen functional groups attached to an aromatic ring is 1. The van der Waals surface area contributed by atoms with Crippen LogP contribution in [0.15, 0.2) is 36.4 Å². The van der Waals surface area contributed by atoms with Gasteiger partial charge >= 0.3 is 0 Å². The van der Waals surface area contributed by atoms with Crippen LogP contribution in [0.5, 0.6) is 5.75 Å². The molecule has 0 unspecified atom stereocenters. The second-order valence-corrected chi connectivity index (χ2v) is 4.39. The average molecular weight is 260 g/mol. The van der Waals surface area contributed by atoms with Crippen LogP contribution in [0.2, 0.25) is 0 Å². The van der Waals surface area contributed by atoms with E-state index in [-0.39, 0.29) is 5.82 Å². The summed E-state index contributed by atoms with van der Waals surface area (Å²) in [5.74, 6) is 0.467. The van der Waals surface area contributed by atoms with Crippen LogP contribution in [0, 0.1) is 12.7 Å². The van der Waals surface area contributed by atoms with Crippen molar-refractivity contribution in [1.82, 2.24) is 0 Å². The zero-order valence-electron chi connectivity index (χ0n) is 11.3. The largest absolute Gasteiger partial charge is 0.496 e. The third kappa shape index (κ3) is 2.47. The molecule has 4 heteroatoms. The van der Waals surface area contributed by atoms with Crippen LogP contribution < -0.4 is 15.4 Å². The molecular formula is C15H17FN2O. The molecule has 0 saturated heterocycles. The quantitative estimate of drug-likeness (QED) is 0.858. The Kier molecular flexibility index (Phi) is 3.60. The lowest BCUT2D eigenvalue weighted by Crippen LogP contribution is -2.13. The fraction of sp³-hybridized carbons (Fsp3) is 0.200. The molecule has 0 atom stereocenters. The summed E-state index contributed by atoms with van der Waals surface area (Å²) >= 11 is 0. The van der Waals surface area contributed by atoms with Gasteiger partial charge in [0.2, 0.25) is 0 Å². The lowest BCUT2D eigenvalue weighted by molar-refractivity contribution is 0.412. The fourth-order valence-electron chi connectivity index (χ4n) is 2.09. The second-order valence-electron chi connectivity index (χ2n) is 4.39. The molecule has 0 bridgehead atoms. The number of aryl methyl sites for hydroxylation is 1. The molecule has 0 amide bonds. The van der Waals surface area contributed by atoms with Gasteiger partial charge in [0.05, 0.1) is 12.8 Å². The number of nitrogens with zero attached hydrogens (tertiary/aromatic N) is 1. The molecule has 19 heavy (non-hydrogen) atoms. The van der Waals surface area contributed by atoms with E-state index in [2.05, 4.69) is 0 Å². The summed E-state index contributed by atoms with van der Waals surface area (Å²) in [6.07, 6.45) is 0. The number of halogens is 1. The van der Waals surface area contributed by atoms with Crippen molar-refractivity contribution in [2.45, 2.75) is 6.92 Å². The summed E-state index contributed by atoms with van der Waals surface area (Å²) in [7, 11) is 3.41. The Morgan fingerprint density at radius 3 is 2.53 bits per heavy atom. The third-order valence-corrected chi connectivity index (χ3v) is 3.12. The summed E-state index contributed by atoms with van der Waals surface area (Å²) in [5, 5.41) is 0. The van der Waals surface area contributed by atoms with Crippen LogP contribution in [-0.4, -0.2) is 14.2 Å². The molecule has 2 aromatic carbocycles. The minimum Gasteiger partial charge on any atom is -0.496 e. The maximum atomic E-state index is 13.9. The van der Waals surface area contributed by atoms with E-state index in [1.54, 1.807) is 31.2 Å². The summed E-state index contributed by atoms with van der Waals surface area (Å²) < 4.78 is 19.1. The van der Waals surface area contributed by atoms with Gasteiger partial charge in [-0.25, -0.2) is 4.39 Å². The third-order valence-electron chi connectivity index (χ3n) is 3.12. The molecule has 0 heterocycles. The highest BCUT2D eigenvalue weighted by Gasteiger charge is 2.13. The first kappa shape index (κ1) is 13.2. The van der Waals surface area contributed by atoms with Crippen LogP contribution in [0.1, 0.15) is 5.56 Å². The van der Waals surface area contributed by atoms with E-state index in [0.29, 0.717) is 11.4 Å². The van der Waals surface area contributed by atoms with E-state index in [1.165, 1.54) is 6.07 Å². The lowest BCUT2D eigenvalue weighted by Gasteiger charge is -2.22. The van der Waals surface area contributed by atoms with Crippen molar-refractivity contribution in [3.05, 3.63) is 47.8 Å². The molecular weight excluding hydrogens is 243 g/mol. The highest BCUT2D eigenvalue weighted by Crippen LogP contribution is 2.33. The van der Waals surface area contributed by atoms with Crippen molar-refractivity contribution in [1.29, 1.82) is 0 Å². The molecule has 0 aromatic heterocycles. The van der Waals surface area contributed by atoms with Crippen molar-refractivity contribution >= 4 is 17.1 Å². The Balaban J connectivity index is 2.44. The number of methoxy groups -OCH3 is 1. The van der Waals surface area contributed by atoms with E-state index in [9.17, 15) is 4.39 Å². The highest BCUT2D eigenvalue weighted by atomic mass is 19.1. The van der Waals surface area contributed by atoms with E-state index in [0.717, 1.165) is 17.0 Å². The monoisotopic (exact) mass is 260 g/mol. The second kappa shape index (κ2) is 5.18. The molecule has 0 spiro atoms. The fourth-order valence-corrected chi connectivity index (χ4v) is 2.09. The standard InChI is InChI=1S/C15H17FN2O/c1-10-9-11(7-8-14(10)19-3)18(2)15-12(16)5-4-6-13(15)17/h4-9H,17H2,1-3H3. The summed E-state index contributed by atoms with van der Waals surface area (Å²) in [6.45, 7) is 1.95. The molecule has 0 aliphatic carbocycles. The molecule has 0 fully saturated rings. The van der Waals surface area contributed by atoms with Gasteiger partial charge in [0.1, 0.15) is 17.3 Å². The van der Waals surface area contributed by atoms with Crippen LogP contribution >= 0.6 is 0 Å². The Labute approximate surface area is 112 Å². The van der Waals surface area contributed by atoms with Gasteiger partial charge in [-0.1, -0.05) is 6.07 Å². The first-order valence-corrected chi connectivity index (χ1v) is 5.97. The van der Waals surface area contributed by atoms with Gasteiger partial charge in [-0.05, 0) is 42.8 Å². The smallest absolute Gasteiger partial charge is 0.148 e. The molecule has 2 aromatic rings. The SMILES string of the molecule is COc1ccc(N(C)c2c(N)cccc2F)cc1C. The number of para-hydroxylation sites is 1. The minimum atomic E-state index is -0.337. The van der Waals surface area contributed by atoms with Gasteiger partial charge in [0.25, 0.3) is 0 Å². The molecule has 0 saturated carbocycles. The van der Waals surface area contributed by atoms with Gasteiger partial charge in [0.15, 0.2) is 0 Å². The first-order chi connectivity index (χ1) is 9.04. The Bertz CT molecular complexity index is 578. The van der Waals surface area contributed by atoms with Crippen LogP contribution in [0.3, 0.4) is 0 Å². The molecule has 0 radical (unpaired) electrons. The minimum absolute atomic E-state index is 0.337. The van der Waals surface area contributed by atoms with E-state index in [1.807, 2.05) is 25.1 Å². The number of rotatable bonds is 3. The Morgan fingerprint density at radius 1 is 1.21 bits per heavy atom. The zero-order chi connectivity index (χ0) is 14.0. The van der Waals surface area contributed by atoms with E-state index >= 15 is 0 Å². The molecule has 100 valence electrons. The van der Waals surface area contributed by atoms with Crippen molar-refractivity contribution in [3.8, 4) is 5.75 Å². The maximum Gasteiger partial charge on any atom is 0.148 e. The maximum absolute atomic E-state index is 13.9. The number of hydrogen-bond donors (Lipinski definition) is 1. The number of hydrogen-bond acceptors (Lipinski definition) is 3. The molecule has 3 nitrogen and oxygen atoms in total.